The van der Waals surface area contributed by atoms with Crippen molar-refractivity contribution in [1.29, 1.82) is 0 Å². The highest BCUT2D eigenvalue weighted by Crippen LogP contribution is 2.50. The number of nitrogens with zero attached hydrogens (tertiary/aromatic N) is 1. The zero-order valence-corrected chi connectivity index (χ0v) is 9.45. The van der Waals surface area contributed by atoms with E-state index in [0.29, 0.717) is 0 Å². The van der Waals surface area contributed by atoms with Crippen molar-refractivity contribution in [3.05, 3.63) is 12.3 Å². The molecule has 5 heteroatoms. The molecule has 60 valence electrons. The second-order valence-corrected chi connectivity index (χ2v) is 7.08. The van der Waals surface area contributed by atoms with Gasteiger partial charge in [-0.3, -0.25) is 4.79 Å². The van der Waals surface area contributed by atoms with Crippen LogP contribution in [0.5, 0.6) is 0 Å². The van der Waals surface area contributed by atoms with E-state index in [4.69, 9.17) is 0 Å². The number of alkyl halides is 2. The molecule has 0 aromatic carbocycles. The van der Waals surface area contributed by atoms with Gasteiger partial charge in [0, 0.05) is 12.0 Å². The van der Waals surface area contributed by atoms with Crippen molar-refractivity contribution in [2.24, 2.45) is 0 Å². The molecule has 0 aromatic heterocycles. The van der Waals surface area contributed by atoms with Gasteiger partial charge in [0.05, 0.1) is 0 Å². The summed E-state index contributed by atoms with van der Waals surface area (Å²) >= 11 is 8.43. The Labute approximate surface area is 85.6 Å². The lowest BCUT2D eigenvalue weighted by Crippen LogP contribution is -2.64. The molecule has 0 aromatic rings. The highest BCUT2D eigenvalue weighted by molar-refractivity contribution is 9.26. The highest BCUT2D eigenvalue weighted by atomic mass is 79.9. The minimum Gasteiger partial charge on any atom is -0.302 e. The Bertz CT molecular complexity index is 241. The van der Waals surface area contributed by atoms with Gasteiger partial charge in [0.25, 0.3) is 5.91 Å². The van der Waals surface area contributed by atoms with Gasteiger partial charge in [-0.1, -0.05) is 37.9 Å². The van der Waals surface area contributed by atoms with Crippen LogP contribution in [-0.4, -0.2) is 25.2 Å². The Morgan fingerprint density at radius 3 is 3.09 bits per heavy atom. The first kappa shape index (κ1) is 8.13. The number of hydrogen-bond donors (Lipinski definition) is 0. The Kier molecular flexibility index (Phi) is 1.85. The molecule has 0 spiro atoms. The molecule has 1 saturated heterocycles. The quantitative estimate of drug-likeness (QED) is 0.503. The summed E-state index contributed by atoms with van der Waals surface area (Å²) in [6.45, 7) is 0. The average molecular weight is 299 g/mol. The van der Waals surface area contributed by atoms with E-state index in [2.05, 4.69) is 31.9 Å². The molecule has 1 atom stereocenters. The number of carbonyl (C=O) groups excluding carboxylic acids is 1. The van der Waals surface area contributed by atoms with Gasteiger partial charge in [-0.2, -0.15) is 0 Å². The molecular weight excluding hydrogens is 294 g/mol. The summed E-state index contributed by atoms with van der Waals surface area (Å²) in [7, 11) is 0. The summed E-state index contributed by atoms with van der Waals surface area (Å²) in [5.74, 6) is 1.07. The number of hydrogen-bond acceptors (Lipinski definition) is 2. The lowest BCUT2D eigenvalue weighted by atomic mass is 10.2. The SMILES string of the molecule is O=C1N2C=CCSC2C1(Br)Br. The van der Waals surface area contributed by atoms with E-state index in [0.717, 1.165) is 5.75 Å². The topological polar surface area (TPSA) is 20.3 Å². The third-order valence-corrected chi connectivity index (χ3v) is 5.13. The molecule has 1 fully saturated rings. The summed E-state index contributed by atoms with van der Waals surface area (Å²) in [5.41, 5.74) is 0. The standard InChI is InChI=1S/C6H5Br2NOS/c7-6(8)4(10)9-2-1-3-11-5(6)9/h1-2,5H,3H2. The number of halogens is 2. The first-order valence-electron chi connectivity index (χ1n) is 3.13. The fourth-order valence-electron chi connectivity index (χ4n) is 1.13. The van der Waals surface area contributed by atoms with Crippen molar-refractivity contribution in [3.8, 4) is 0 Å². The lowest BCUT2D eigenvalue weighted by molar-refractivity contribution is -0.137. The average Bonchev–Trinajstić information content (AvgIpc) is 2.04. The van der Waals surface area contributed by atoms with Crippen LogP contribution in [0.15, 0.2) is 12.3 Å². The fraction of sp³-hybridized carbons (Fsp3) is 0.500. The maximum atomic E-state index is 11.3. The molecule has 0 aliphatic carbocycles. The third-order valence-electron chi connectivity index (χ3n) is 1.70. The minimum absolute atomic E-state index is 0.0888. The zero-order chi connectivity index (χ0) is 8.06. The van der Waals surface area contributed by atoms with Crippen molar-refractivity contribution in [3.63, 3.8) is 0 Å². The summed E-state index contributed by atoms with van der Waals surface area (Å²) < 4.78 is -0.505. The van der Waals surface area contributed by atoms with E-state index in [1.54, 1.807) is 16.7 Å². The van der Waals surface area contributed by atoms with Crippen molar-refractivity contribution in [2.45, 2.75) is 8.61 Å². The van der Waals surface area contributed by atoms with Gasteiger partial charge in [0.15, 0.2) is 3.23 Å². The van der Waals surface area contributed by atoms with Crippen LogP contribution < -0.4 is 0 Å². The monoisotopic (exact) mass is 297 g/mol. The summed E-state index contributed by atoms with van der Waals surface area (Å²) in [5, 5.41) is 0.222. The second kappa shape index (κ2) is 2.50. The van der Waals surface area contributed by atoms with Gasteiger partial charge in [0.2, 0.25) is 0 Å². The first-order chi connectivity index (χ1) is 5.14. The number of thioether (sulfide) groups is 1. The molecular formula is C6H5Br2NOS. The molecule has 2 aliphatic rings. The van der Waals surface area contributed by atoms with Crippen molar-refractivity contribution < 1.29 is 4.79 Å². The molecule has 2 aliphatic heterocycles. The van der Waals surface area contributed by atoms with Crippen molar-refractivity contribution in [2.75, 3.05) is 5.75 Å². The first-order valence-corrected chi connectivity index (χ1v) is 5.76. The van der Waals surface area contributed by atoms with Gasteiger partial charge < -0.3 is 4.90 Å². The van der Waals surface area contributed by atoms with Crippen LogP contribution in [0, 0.1) is 0 Å². The smallest absolute Gasteiger partial charge is 0.258 e. The maximum absolute atomic E-state index is 11.3. The predicted octanol–water partition coefficient (Wildman–Crippen LogP) is 1.90. The van der Waals surface area contributed by atoms with Crippen LogP contribution in [0.2, 0.25) is 0 Å². The zero-order valence-electron chi connectivity index (χ0n) is 5.46. The van der Waals surface area contributed by atoms with Crippen LogP contribution in [0.3, 0.4) is 0 Å². The van der Waals surface area contributed by atoms with Crippen LogP contribution in [0.4, 0.5) is 0 Å². The molecule has 1 amide bonds. The Morgan fingerprint density at radius 2 is 2.45 bits per heavy atom. The summed E-state index contributed by atoms with van der Waals surface area (Å²) in [6.07, 6.45) is 3.85. The molecule has 1 unspecified atom stereocenters. The van der Waals surface area contributed by atoms with E-state index >= 15 is 0 Å². The maximum Gasteiger partial charge on any atom is 0.258 e. The number of carbonyl (C=O) groups is 1. The highest BCUT2D eigenvalue weighted by Gasteiger charge is 2.58. The fourth-order valence-corrected chi connectivity index (χ4v) is 3.79. The molecule has 0 saturated carbocycles. The predicted molar refractivity (Wildman–Crippen MR) is 52.8 cm³/mol. The minimum atomic E-state index is -0.505. The lowest BCUT2D eigenvalue weighted by Gasteiger charge is -2.49. The van der Waals surface area contributed by atoms with Gasteiger partial charge in [-0.05, 0) is 0 Å². The van der Waals surface area contributed by atoms with Crippen molar-refractivity contribution in [1.82, 2.24) is 4.90 Å². The Balaban J connectivity index is 2.26. The normalized spacial score (nSPS) is 33.1. The van der Waals surface area contributed by atoms with E-state index in [-0.39, 0.29) is 11.3 Å². The van der Waals surface area contributed by atoms with Crippen LogP contribution in [0.25, 0.3) is 0 Å². The van der Waals surface area contributed by atoms with E-state index in [1.807, 2.05) is 12.3 Å². The Morgan fingerprint density at radius 1 is 1.73 bits per heavy atom. The number of rotatable bonds is 0. The van der Waals surface area contributed by atoms with Crippen LogP contribution >= 0.6 is 43.6 Å². The van der Waals surface area contributed by atoms with Crippen LogP contribution in [-0.2, 0) is 4.79 Å². The van der Waals surface area contributed by atoms with E-state index < -0.39 is 3.23 Å². The molecule has 0 N–H and O–H groups in total. The van der Waals surface area contributed by atoms with Gasteiger partial charge in [0.1, 0.15) is 5.37 Å². The van der Waals surface area contributed by atoms with E-state index in [1.165, 1.54) is 0 Å². The van der Waals surface area contributed by atoms with Crippen LogP contribution in [0.1, 0.15) is 0 Å². The third kappa shape index (κ3) is 1.01. The van der Waals surface area contributed by atoms with E-state index in [9.17, 15) is 4.79 Å². The Hall–Kier alpha value is 0.520. The number of fused-ring (bicyclic) bond motifs is 1. The largest absolute Gasteiger partial charge is 0.302 e. The number of amides is 1. The summed E-state index contributed by atoms with van der Waals surface area (Å²) in [4.78, 5) is 13.0. The number of β-lactam (4-membered cyclic amide) rings is 1. The molecule has 2 nitrogen and oxygen atoms in total. The molecule has 2 heterocycles. The molecule has 0 radical (unpaired) electrons. The molecule has 2 rings (SSSR count). The molecule has 11 heavy (non-hydrogen) atoms. The second-order valence-electron chi connectivity index (χ2n) is 2.41. The van der Waals surface area contributed by atoms with Gasteiger partial charge in [-0.15, -0.1) is 11.8 Å². The van der Waals surface area contributed by atoms with Crippen molar-refractivity contribution >= 4 is 49.5 Å². The van der Waals surface area contributed by atoms with Gasteiger partial charge in [-0.25, -0.2) is 0 Å². The summed E-state index contributed by atoms with van der Waals surface area (Å²) in [6, 6.07) is 0. The molecule has 0 bridgehead atoms. The van der Waals surface area contributed by atoms with Gasteiger partial charge >= 0.3 is 0 Å².